The zero-order chi connectivity index (χ0) is 18.6. The minimum absolute atomic E-state index is 0.125. The van der Waals surface area contributed by atoms with Gasteiger partial charge in [0, 0.05) is 35.2 Å². The number of nitrogens with one attached hydrogen (secondary N) is 1. The molecule has 0 saturated carbocycles. The van der Waals surface area contributed by atoms with Gasteiger partial charge in [-0.2, -0.15) is 13.2 Å². The van der Waals surface area contributed by atoms with Gasteiger partial charge in [-0.3, -0.25) is 4.79 Å². The van der Waals surface area contributed by atoms with Crippen molar-refractivity contribution in [1.29, 1.82) is 0 Å². The fourth-order valence-electron chi connectivity index (χ4n) is 2.89. The summed E-state index contributed by atoms with van der Waals surface area (Å²) < 4.78 is 39.8. The van der Waals surface area contributed by atoms with E-state index in [1.807, 2.05) is 17.5 Å². The fraction of sp³-hybridized carbons (Fsp3) is 0.389. The number of thiophene rings is 1. The van der Waals surface area contributed by atoms with E-state index < -0.39 is 11.9 Å². The number of fused-ring (bicyclic) bond motifs is 1. The summed E-state index contributed by atoms with van der Waals surface area (Å²) in [6.45, 7) is 0.184. The highest BCUT2D eigenvalue weighted by Gasteiger charge is 2.37. The molecule has 0 aliphatic heterocycles. The molecule has 138 valence electrons. The molecule has 2 aromatic rings. The highest BCUT2D eigenvalue weighted by molar-refractivity contribution is 7.10. The molecule has 0 unspecified atom stereocenters. The van der Waals surface area contributed by atoms with Crippen molar-refractivity contribution in [1.82, 2.24) is 15.3 Å². The number of aromatic nitrogens is 2. The Morgan fingerprint density at radius 3 is 2.81 bits per heavy atom. The van der Waals surface area contributed by atoms with Gasteiger partial charge in [-0.05, 0) is 43.2 Å². The van der Waals surface area contributed by atoms with Crippen LogP contribution in [0.15, 0.2) is 23.6 Å². The Balaban J connectivity index is 1.63. The highest BCUT2D eigenvalue weighted by Crippen LogP contribution is 2.34. The van der Waals surface area contributed by atoms with Gasteiger partial charge in [0.15, 0.2) is 5.69 Å². The Labute approximate surface area is 153 Å². The molecule has 0 aromatic carbocycles. The summed E-state index contributed by atoms with van der Waals surface area (Å²) in [5.74, 6) is -0.173. The predicted molar refractivity (Wildman–Crippen MR) is 93.7 cm³/mol. The van der Waals surface area contributed by atoms with Crippen LogP contribution in [0.5, 0.6) is 0 Å². The maximum Gasteiger partial charge on any atom is 0.433 e. The molecule has 1 aliphatic rings. The van der Waals surface area contributed by atoms with Crippen molar-refractivity contribution in [2.75, 3.05) is 6.54 Å². The van der Waals surface area contributed by atoms with E-state index in [1.165, 1.54) is 17.4 Å². The van der Waals surface area contributed by atoms with Crippen LogP contribution in [0.3, 0.4) is 0 Å². The summed E-state index contributed by atoms with van der Waals surface area (Å²) in [4.78, 5) is 20.8. The Hall–Kier alpha value is -2.22. The van der Waals surface area contributed by atoms with E-state index in [4.69, 9.17) is 0 Å². The van der Waals surface area contributed by atoms with Gasteiger partial charge in [-0.1, -0.05) is 6.07 Å². The van der Waals surface area contributed by atoms with Crippen molar-refractivity contribution in [2.24, 2.45) is 0 Å². The van der Waals surface area contributed by atoms with Crippen LogP contribution >= 0.6 is 11.3 Å². The second-order valence-electron chi connectivity index (χ2n) is 6.01. The van der Waals surface area contributed by atoms with Crippen LogP contribution in [0, 0.1) is 0 Å². The van der Waals surface area contributed by atoms with Gasteiger partial charge in [0.1, 0.15) is 5.82 Å². The van der Waals surface area contributed by atoms with E-state index in [0.717, 1.165) is 17.7 Å². The van der Waals surface area contributed by atoms with Gasteiger partial charge in [0.25, 0.3) is 0 Å². The second-order valence-corrected chi connectivity index (χ2v) is 6.99. The Kier molecular flexibility index (Phi) is 5.70. The lowest BCUT2D eigenvalue weighted by atomic mass is 9.94. The van der Waals surface area contributed by atoms with Crippen molar-refractivity contribution in [3.8, 4) is 0 Å². The van der Waals surface area contributed by atoms with Crippen molar-refractivity contribution >= 4 is 23.3 Å². The van der Waals surface area contributed by atoms with Crippen molar-refractivity contribution < 1.29 is 18.0 Å². The summed E-state index contributed by atoms with van der Waals surface area (Å²) in [5, 5.41) is 4.56. The van der Waals surface area contributed by atoms with E-state index in [2.05, 4.69) is 15.3 Å². The van der Waals surface area contributed by atoms with Crippen LogP contribution in [-0.4, -0.2) is 22.4 Å². The molecule has 4 nitrogen and oxygen atoms in total. The lowest BCUT2D eigenvalue weighted by Crippen LogP contribution is -2.26. The van der Waals surface area contributed by atoms with E-state index in [1.54, 1.807) is 6.08 Å². The zero-order valence-electron chi connectivity index (χ0n) is 14.0. The zero-order valence-corrected chi connectivity index (χ0v) is 14.8. The molecule has 0 fully saturated rings. The van der Waals surface area contributed by atoms with Gasteiger partial charge < -0.3 is 5.32 Å². The van der Waals surface area contributed by atoms with Crippen molar-refractivity contribution in [3.63, 3.8) is 0 Å². The minimum atomic E-state index is -4.48. The maximum absolute atomic E-state index is 13.3. The lowest BCUT2D eigenvalue weighted by molar-refractivity contribution is -0.142. The maximum atomic E-state index is 13.3. The molecule has 3 rings (SSSR count). The normalized spacial score (nSPS) is 14.4. The number of hydrogen-bond donors (Lipinski definition) is 1. The average Bonchev–Trinajstić information content (AvgIpc) is 3.12. The van der Waals surface area contributed by atoms with Crippen molar-refractivity contribution in [2.45, 2.75) is 38.3 Å². The van der Waals surface area contributed by atoms with Crippen LogP contribution in [0.2, 0.25) is 0 Å². The molecule has 1 N–H and O–H groups in total. The number of carbonyl (C=O) groups excluding carboxylic acids is 1. The third-order valence-electron chi connectivity index (χ3n) is 4.09. The lowest BCUT2D eigenvalue weighted by Gasteiger charge is -2.20. The predicted octanol–water partition coefficient (Wildman–Crippen LogP) is 3.81. The number of rotatable bonds is 5. The molecule has 1 amide bonds. The van der Waals surface area contributed by atoms with Crippen LogP contribution in [0.1, 0.15) is 40.5 Å². The van der Waals surface area contributed by atoms with Gasteiger partial charge in [0.2, 0.25) is 5.91 Å². The fourth-order valence-corrected chi connectivity index (χ4v) is 3.51. The topological polar surface area (TPSA) is 54.9 Å². The molecule has 8 heteroatoms. The molecule has 0 atom stereocenters. The molecule has 2 aromatic heterocycles. The molecule has 0 spiro atoms. The number of alkyl halides is 3. The summed E-state index contributed by atoms with van der Waals surface area (Å²) in [6.07, 6.45) is 1.26. The van der Waals surface area contributed by atoms with Gasteiger partial charge in [-0.25, -0.2) is 9.97 Å². The first kappa shape index (κ1) is 18.6. The first-order valence-corrected chi connectivity index (χ1v) is 9.27. The van der Waals surface area contributed by atoms with Gasteiger partial charge >= 0.3 is 6.18 Å². The number of carbonyl (C=O) groups is 1. The minimum Gasteiger partial charge on any atom is -0.352 e. The smallest absolute Gasteiger partial charge is 0.352 e. The summed E-state index contributed by atoms with van der Waals surface area (Å²) in [5.41, 5.74) is -0.0889. The SMILES string of the molecule is O=C(C=Cc1cccs1)NCCc1nc2c(c(C(F)(F)F)n1)CCCC2. The largest absolute Gasteiger partial charge is 0.433 e. The number of aryl methyl sites for hydroxylation is 1. The molecule has 0 radical (unpaired) electrons. The molecule has 26 heavy (non-hydrogen) atoms. The standard InChI is InChI=1S/C18H18F3N3OS/c19-18(20,21)17-13-5-1-2-6-14(13)23-15(24-17)9-10-22-16(25)8-7-12-4-3-11-26-12/h3-4,7-8,11H,1-2,5-6,9-10H2,(H,22,25). The molecular weight excluding hydrogens is 363 g/mol. The molecule has 2 heterocycles. The Morgan fingerprint density at radius 1 is 1.27 bits per heavy atom. The quantitative estimate of drug-likeness (QED) is 0.802. The molecule has 0 saturated heterocycles. The summed E-state index contributed by atoms with van der Waals surface area (Å²) in [7, 11) is 0. The number of halogens is 3. The number of hydrogen-bond acceptors (Lipinski definition) is 4. The average molecular weight is 381 g/mol. The van der Waals surface area contributed by atoms with Crippen molar-refractivity contribution in [3.05, 3.63) is 51.2 Å². The van der Waals surface area contributed by atoms with E-state index >= 15 is 0 Å². The second kappa shape index (κ2) is 7.99. The van der Waals surface area contributed by atoms with E-state index in [0.29, 0.717) is 18.5 Å². The summed E-state index contributed by atoms with van der Waals surface area (Å²) >= 11 is 1.51. The highest BCUT2D eigenvalue weighted by atomic mass is 32.1. The van der Waals surface area contributed by atoms with Crippen LogP contribution in [0.25, 0.3) is 6.08 Å². The number of amides is 1. The van der Waals surface area contributed by atoms with Gasteiger partial charge in [-0.15, -0.1) is 11.3 Å². The first-order chi connectivity index (χ1) is 12.4. The first-order valence-electron chi connectivity index (χ1n) is 8.39. The van der Waals surface area contributed by atoms with Crippen LogP contribution < -0.4 is 5.32 Å². The van der Waals surface area contributed by atoms with Gasteiger partial charge in [0.05, 0.1) is 0 Å². The van der Waals surface area contributed by atoms with E-state index in [-0.39, 0.29) is 30.3 Å². The molecule has 0 bridgehead atoms. The van der Waals surface area contributed by atoms with Crippen LogP contribution in [-0.2, 0) is 30.2 Å². The third-order valence-corrected chi connectivity index (χ3v) is 4.93. The Bertz CT molecular complexity index is 801. The van der Waals surface area contributed by atoms with Crippen LogP contribution in [0.4, 0.5) is 13.2 Å². The Morgan fingerprint density at radius 2 is 2.08 bits per heavy atom. The summed E-state index contributed by atoms with van der Waals surface area (Å²) in [6, 6.07) is 3.77. The molecular formula is C18H18F3N3OS. The number of nitrogens with zero attached hydrogens (tertiary/aromatic N) is 2. The monoisotopic (exact) mass is 381 g/mol. The molecule has 1 aliphatic carbocycles. The van der Waals surface area contributed by atoms with E-state index in [9.17, 15) is 18.0 Å². The third kappa shape index (κ3) is 4.69.